The molecule has 2 aromatic rings. The Morgan fingerprint density at radius 2 is 1.39 bits per heavy atom. The zero-order valence-corrected chi connectivity index (χ0v) is 24.1. The van der Waals surface area contributed by atoms with Crippen molar-refractivity contribution in [2.75, 3.05) is 27.2 Å². The SMILES string of the molecule is CCCCCCCCCCCC(=O)OCC(CCCCCCN(C)C)c1cccc2ccccc12.Cl. The minimum absolute atomic E-state index is 0. The summed E-state index contributed by atoms with van der Waals surface area (Å²) in [6.45, 7) is 3.92. The molecule has 0 aliphatic rings. The lowest BCUT2D eigenvalue weighted by atomic mass is 9.89. The first kappa shape index (κ1) is 32.4. The Morgan fingerprint density at radius 3 is 2.11 bits per heavy atom. The van der Waals surface area contributed by atoms with Crippen LogP contribution in [0.4, 0.5) is 0 Å². The van der Waals surface area contributed by atoms with Crippen LogP contribution in [0.3, 0.4) is 0 Å². The van der Waals surface area contributed by atoms with Crippen LogP contribution in [0.15, 0.2) is 42.5 Å². The number of hydrogen-bond donors (Lipinski definition) is 0. The Labute approximate surface area is 227 Å². The summed E-state index contributed by atoms with van der Waals surface area (Å²) in [6, 6.07) is 15.1. The van der Waals surface area contributed by atoms with Gasteiger partial charge in [0.1, 0.15) is 0 Å². The number of halogens is 1. The molecule has 1 unspecified atom stereocenters. The fraction of sp³-hybridized carbons (Fsp3) is 0.656. The Bertz CT molecular complexity index is 817. The van der Waals surface area contributed by atoms with Gasteiger partial charge in [0.25, 0.3) is 0 Å². The van der Waals surface area contributed by atoms with Crippen molar-refractivity contribution in [1.82, 2.24) is 4.90 Å². The van der Waals surface area contributed by atoms with Gasteiger partial charge in [-0.1, -0.05) is 120 Å². The third-order valence-corrected chi connectivity index (χ3v) is 7.10. The van der Waals surface area contributed by atoms with Crippen molar-refractivity contribution >= 4 is 29.1 Å². The van der Waals surface area contributed by atoms with Crippen molar-refractivity contribution in [2.45, 2.75) is 109 Å². The van der Waals surface area contributed by atoms with E-state index in [-0.39, 0.29) is 24.3 Å². The quantitative estimate of drug-likeness (QED) is 0.129. The summed E-state index contributed by atoms with van der Waals surface area (Å²) in [6.07, 6.45) is 17.9. The Morgan fingerprint density at radius 1 is 0.778 bits per heavy atom. The van der Waals surface area contributed by atoms with Gasteiger partial charge in [-0.3, -0.25) is 4.79 Å². The van der Waals surface area contributed by atoms with Crippen LogP contribution in [-0.4, -0.2) is 38.1 Å². The first-order valence-electron chi connectivity index (χ1n) is 14.4. The topological polar surface area (TPSA) is 29.5 Å². The molecule has 0 amide bonds. The summed E-state index contributed by atoms with van der Waals surface area (Å²) < 4.78 is 5.84. The second kappa shape index (κ2) is 20.5. The van der Waals surface area contributed by atoms with Gasteiger partial charge in [-0.15, -0.1) is 12.4 Å². The average molecular weight is 518 g/mol. The van der Waals surface area contributed by atoms with Crippen LogP contribution in [0, 0.1) is 0 Å². The third kappa shape index (κ3) is 13.7. The van der Waals surface area contributed by atoms with Crippen molar-refractivity contribution < 1.29 is 9.53 Å². The molecule has 36 heavy (non-hydrogen) atoms. The van der Waals surface area contributed by atoms with Crippen LogP contribution in [0.5, 0.6) is 0 Å². The maximum absolute atomic E-state index is 12.5. The van der Waals surface area contributed by atoms with Crippen molar-refractivity contribution in [3.8, 4) is 0 Å². The number of nitrogens with zero attached hydrogens (tertiary/aromatic N) is 1. The van der Waals surface area contributed by atoms with Gasteiger partial charge in [0.05, 0.1) is 6.61 Å². The van der Waals surface area contributed by atoms with Crippen molar-refractivity contribution in [3.05, 3.63) is 48.0 Å². The van der Waals surface area contributed by atoms with Gasteiger partial charge in [-0.2, -0.15) is 0 Å². The molecule has 0 aromatic heterocycles. The summed E-state index contributed by atoms with van der Waals surface area (Å²) in [7, 11) is 4.28. The molecule has 0 aliphatic heterocycles. The zero-order valence-electron chi connectivity index (χ0n) is 23.3. The van der Waals surface area contributed by atoms with Crippen LogP contribution >= 0.6 is 12.4 Å². The number of fused-ring (bicyclic) bond motifs is 1. The van der Waals surface area contributed by atoms with Gasteiger partial charge in [-0.25, -0.2) is 0 Å². The molecule has 3 nitrogen and oxygen atoms in total. The first-order chi connectivity index (χ1) is 17.1. The fourth-order valence-electron chi connectivity index (χ4n) is 4.95. The van der Waals surface area contributed by atoms with E-state index in [2.05, 4.69) is 68.4 Å². The molecule has 0 aliphatic carbocycles. The van der Waals surface area contributed by atoms with Crippen LogP contribution in [0.2, 0.25) is 0 Å². The van der Waals surface area contributed by atoms with Crippen molar-refractivity contribution in [3.63, 3.8) is 0 Å². The standard InChI is InChI=1S/C32H51NO2.ClH/c1-4-5-6-7-8-9-10-11-15-25-32(34)35-27-29(21-14-12-13-18-26-33(2)3)31-24-19-22-28-20-16-17-23-30(28)31;/h16-17,19-20,22-24,29H,4-15,18,21,25-27H2,1-3H3;1H. The molecule has 204 valence electrons. The molecule has 0 N–H and O–H groups in total. The number of rotatable bonds is 20. The van der Waals surface area contributed by atoms with E-state index < -0.39 is 0 Å². The highest BCUT2D eigenvalue weighted by atomic mass is 35.5. The van der Waals surface area contributed by atoms with E-state index in [1.54, 1.807) is 0 Å². The van der Waals surface area contributed by atoms with Gasteiger partial charge in [0.2, 0.25) is 0 Å². The molecule has 2 aromatic carbocycles. The third-order valence-electron chi connectivity index (χ3n) is 7.10. The van der Waals surface area contributed by atoms with E-state index in [1.807, 2.05) is 0 Å². The van der Waals surface area contributed by atoms with E-state index >= 15 is 0 Å². The number of unbranched alkanes of at least 4 members (excludes halogenated alkanes) is 11. The monoisotopic (exact) mass is 517 g/mol. The van der Waals surface area contributed by atoms with E-state index in [1.165, 1.54) is 87.0 Å². The summed E-state index contributed by atoms with van der Waals surface area (Å²) in [5.41, 5.74) is 1.33. The molecule has 4 heteroatoms. The lowest BCUT2D eigenvalue weighted by molar-refractivity contribution is -0.144. The van der Waals surface area contributed by atoms with Crippen LogP contribution in [0.25, 0.3) is 10.8 Å². The first-order valence-corrected chi connectivity index (χ1v) is 14.4. The molecule has 1 atom stereocenters. The smallest absolute Gasteiger partial charge is 0.305 e. The summed E-state index contributed by atoms with van der Waals surface area (Å²) in [5, 5.41) is 2.56. The van der Waals surface area contributed by atoms with E-state index in [0.717, 1.165) is 25.8 Å². The number of benzene rings is 2. The van der Waals surface area contributed by atoms with Crippen molar-refractivity contribution in [1.29, 1.82) is 0 Å². The Hall–Kier alpha value is -1.58. The normalized spacial score (nSPS) is 12.0. The van der Waals surface area contributed by atoms with Gasteiger partial charge in [-0.05, 0) is 56.2 Å². The van der Waals surface area contributed by atoms with Crippen LogP contribution in [0.1, 0.15) is 115 Å². The number of esters is 1. The van der Waals surface area contributed by atoms with E-state index in [9.17, 15) is 4.79 Å². The molecular weight excluding hydrogens is 466 g/mol. The second-order valence-electron chi connectivity index (χ2n) is 10.5. The largest absolute Gasteiger partial charge is 0.465 e. The molecule has 0 radical (unpaired) electrons. The predicted molar refractivity (Wildman–Crippen MR) is 158 cm³/mol. The second-order valence-corrected chi connectivity index (χ2v) is 10.5. The Kier molecular flexibility index (Phi) is 18.5. The van der Waals surface area contributed by atoms with E-state index in [0.29, 0.717) is 13.0 Å². The molecule has 0 saturated carbocycles. The molecule has 0 spiro atoms. The van der Waals surface area contributed by atoms with Gasteiger partial charge < -0.3 is 9.64 Å². The molecule has 0 bridgehead atoms. The molecule has 2 rings (SSSR count). The summed E-state index contributed by atoms with van der Waals surface area (Å²) >= 11 is 0. The van der Waals surface area contributed by atoms with Crippen molar-refractivity contribution in [2.24, 2.45) is 0 Å². The zero-order chi connectivity index (χ0) is 25.1. The van der Waals surface area contributed by atoms with Gasteiger partial charge >= 0.3 is 5.97 Å². The van der Waals surface area contributed by atoms with E-state index in [4.69, 9.17) is 4.74 Å². The highest BCUT2D eigenvalue weighted by Gasteiger charge is 2.17. The number of ether oxygens (including phenoxy) is 1. The lowest BCUT2D eigenvalue weighted by Crippen LogP contribution is -2.14. The van der Waals surface area contributed by atoms with Crippen LogP contribution < -0.4 is 0 Å². The molecular formula is C32H52ClNO2. The maximum atomic E-state index is 12.5. The predicted octanol–water partition coefficient (Wildman–Crippen LogP) is 9.32. The molecule has 0 fully saturated rings. The Balaban J connectivity index is 0.00000648. The highest BCUT2D eigenvalue weighted by Crippen LogP contribution is 2.30. The minimum Gasteiger partial charge on any atom is -0.465 e. The molecule has 0 saturated heterocycles. The summed E-state index contributed by atoms with van der Waals surface area (Å²) in [5.74, 6) is 0.242. The highest BCUT2D eigenvalue weighted by molar-refractivity contribution is 5.86. The summed E-state index contributed by atoms with van der Waals surface area (Å²) in [4.78, 5) is 14.8. The molecule has 0 heterocycles. The maximum Gasteiger partial charge on any atom is 0.305 e. The number of carbonyl (C=O) groups excluding carboxylic acids is 1. The lowest BCUT2D eigenvalue weighted by Gasteiger charge is -2.20. The van der Waals surface area contributed by atoms with Gasteiger partial charge in [0.15, 0.2) is 0 Å². The van der Waals surface area contributed by atoms with Gasteiger partial charge in [0, 0.05) is 12.3 Å². The minimum atomic E-state index is -0.0239. The average Bonchev–Trinajstić information content (AvgIpc) is 2.86. The van der Waals surface area contributed by atoms with Crippen LogP contribution in [-0.2, 0) is 9.53 Å². The fourth-order valence-corrected chi connectivity index (χ4v) is 4.95. The number of carbonyl (C=O) groups is 1. The number of hydrogen-bond acceptors (Lipinski definition) is 3.